The molecule has 0 aliphatic carbocycles. The number of benzene rings is 2. The largest absolute Gasteiger partial charge is 0.381 e. The van der Waals surface area contributed by atoms with Crippen molar-refractivity contribution in [2.75, 3.05) is 46.4 Å². The van der Waals surface area contributed by atoms with E-state index in [1.165, 1.54) is 11.1 Å². The summed E-state index contributed by atoms with van der Waals surface area (Å²) in [5.41, 5.74) is 9.93. The second-order valence-corrected chi connectivity index (χ2v) is 9.60. The van der Waals surface area contributed by atoms with Crippen molar-refractivity contribution in [3.8, 4) is 17.2 Å². The Labute approximate surface area is 202 Å². The number of hydrogen-bond acceptors (Lipinski definition) is 6. The molecule has 0 radical (unpaired) electrons. The number of carbonyl (C=O) groups excluding carboxylic acids is 1. The number of nitriles is 1. The Balaban J connectivity index is 1.32. The van der Waals surface area contributed by atoms with Gasteiger partial charge in [-0.15, -0.1) is 0 Å². The molecule has 4 rings (SSSR count). The summed E-state index contributed by atoms with van der Waals surface area (Å²) in [6, 6.07) is 18.5. The highest BCUT2D eigenvalue weighted by Gasteiger charge is 2.36. The van der Waals surface area contributed by atoms with Crippen LogP contribution in [0, 0.1) is 11.3 Å². The lowest BCUT2D eigenvalue weighted by Crippen LogP contribution is -2.58. The van der Waals surface area contributed by atoms with Crippen LogP contribution in [0.4, 0.5) is 0 Å². The van der Waals surface area contributed by atoms with E-state index in [-0.39, 0.29) is 5.91 Å². The Kier molecular flexibility index (Phi) is 7.96. The van der Waals surface area contributed by atoms with Crippen molar-refractivity contribution in [3.63, 3.8) is 0 Å². The number of piperazine rings is 1. The van der Waals surface area contributed by atoms with E-state index < -0.39 is 11.6 Å². The standard InChI is InChI=1S/C27H35N5O2/c1-31-12-14-32(15-13-31)20-22-4-8-24(9-5-22)23-6-2-21(3-7-23)18-25(19-28)30-26(33)27(29)10-16-34-17-11-27/h2-9,25H,10-18,20,29H2,1H3,(H,30,33)/t25-/m0/s1. The van der Waals surface area contributed by atoms with Crippen molar-refractivity contribution in [3.05, 3.63) is 59.7 Å². The number of nitrogens with one attached hydrogen (secondary N) is 1. The summed E-state index contributed by atoms with van der Waals surface area (Å²) in [4.78, 5) is 17.5. The van der Waals surface area contributed by atoms with Gasteiger partial charge in [-0.25, -0.2) is 0 Å². The molecule has 3 N–H and O–H groups in total. The molecule has 2 heterocycles. The second-order valence-electron chi connectivity index (χ2n) is 9.60. The van der Waals surface area contributed by atoms with Gasteiger partial charge >= 0.3 is 0 Å². The third-order valence-electron chi connectivity index (χ3n) is 6.98. The average Bonchev–Trinajstić information content (AvgIpc) is 2.86. The van der Waals surface area contributed by atoms with Crippen LogP contribution in [0.1, 0.15) is 24.0 Å². The monoisotopic (exact) mass is 461 g/mol. The molecule has 0 unspecified atom stereocenters. The summed E-state index contributed by atoms with van der Waals surface area (Å²) in [6.45, 7) is 6.42. The molecule has 2 aliphatic rings. The van der Waals surface area contributed by atoms with Gasteiger partial charge in [-0.05, 0) is 42.1 Å². The van der Waals surface area contributed by atoms with Crippen LogP contribution in [0.2, 0.25) is 0 Å². The van der Waals surface area contributed by atoms with Gasteiger partial charge in [0.25, 0.3) is 0 Å². The fourth-order valence-electron chi connectivity index (χ4n) is 4.53. The lowest BCUT2D eigenvalue weighted by atomic mass is 9.90. The van der Waals surface area contributed by atoms with Gasteiger partial charge in [-0.3, -0.25) is 9.69 Å². The molecule has 34 heavy (non-hydrogen) atoms. The minimum absolute atomic E-state index is 0.268. The highest BCUT2D eigenvalue weighted by molar-refractivity contribution is 5.86. The van der Waals surface area contributed by atoms with E-state index in [1.54, 1.807) is 0 Å². The molecule has 2 aliphatic heterocycles. The summed E-state index contributed by atoms with van der Waals surface area (Å²) in [5, 5.41) is 12.4. The maximum absolute atomic E-state index is 12.6. The Hall–Kier alpha value is -2.76. The normalized spacial score (nSPS) is 19.8. The first-order valence-electron chi connectivity index (χ1n) is 12.1. The van der Waals surface area contributed by atoms with Gasteiger partial charge in [0, 0.05) is 52.4 Å². The molecule has 1 atom stereocenters. The summed E-state index contributed by atoms with van der Waals surface area (Å²) in [5.74, 6) is -0.268. The number of nitrogens with two attached hydrogens (primary N) is 1. The molecular weight excluding hydrogens is 426 g/mol. The fraction of sp³-hybridized carbons (Fsp3) is 0.481. The molecule has 2 saturated heterocycles. The van der Waals surface area contributed by atoms with E-state index in [0.717, 1.165) is 43.9 Å². The highest BCUT2D eigenvalue weighted by atomic mass is 16.5. The maximum Gasteiger partial charge on any atom is 0.241 e. The molecule has 0 saturated carbocycles. The smallest absolute Gasteiger partial charge is 0.241 e. The van der Waals surface area contributed by atoms with Crippen LogP contribution >= 0.6 is 0 Å². The molecule has 1 amide bonds. The van der Waals surface area contributed by atoms with Crippen LogP contribution in [0.5, 0.6) is 0 Å². The van der Waals surface area contributed by atoms with Crippen LogP contribution in [-0.4, -0.2) is 73.7 Å². The second kappa shape index (κ2) is 11.1. The fourth-order valence-corrected chi connectivity index (χ4v) is 4.53. The van der Waals surface area contributed by atoms with Gasteiger partial charge in [-0.2, -0.15) is 5.26 Å². The number of rotatable bonds is 7. The lowest BCUT2D eigenvalue weighted by Gasteiger charge is -2.32. The number of likely N-dealkylation sites (N-methyl/N-ethyl adjacent to an activating group) is 1. The quantitative estimate of drug-likeness (QED) is 0.656. The van der Waals surface area contributed by atoms with Gasteiger partial charge in [0.05, 0.1) is 11.6 Å². The van der Waals surface area contributed by atoms with Gasteiger partial charge in [0.1, 0.15) is 6.04 Å². The first kappa shape index (κ1) is 24.4. The third-order valence-corrected chi connectivity index (χ3v) is 6.98. The minimum atomic E-state index is -0.951. The van der Waals surface area contributed by atoms with Crippen LogP contribution in [0.3, 0.4) is 0 Å². The molecule has 180 valence electrons. The van der Waals surface area contributed by atoms with Crippen molar-refractivity contribution in [2.24, 2.45) is 5.73 Å². The Bertz CT molecular complexity index is 985. The van der Waals surface area contributed by atoms with Crippen LogP contribution < -0.4 is 11.1 Å². The number of ether oxygens (including phenoxy) is 1. The van der Waals surface area contributed by atoms with E-state index in [9.17, 15) is 10.1 Å². The van der Waals surface area contributed by atoms with Crippen molar-refractivity contribution in [1.29, 1.82) is 5.26 Å². The van der Waals surface area contributed by atoms with Crippen LogP contribution in [0.15, 0.2) is 48.5 Å². The molecule has 7 nitrogen and oxygen atoms in total. The van der Waals surface area contributed by atoms with Gasteiger partial charge < -0.3 is 20.7 Å². The van der Waals surface area contributed by atoms with Crippen molar-refractivity contribution in [1.82, 2.24) is 15.1 Å². The first-order valence-corrected chi connectivity index (χ1v) is 12.1. The molecule has 0 bridgehead atoms. The van der Waals surface area contributed by atoms with E-state index in [4.69, 9.17) is 10.5 Å². The van der Waals surface area contributed by atoms with E-state index in [1.807, 2.05) is 12.1 Å². The van der Waals surface area contributed by atoms with Crippen LogP contribution in [-0.2, 0) is 22.5 Å². The SMILES string of the molecule is CN1CCN(Cc2ccc(-c3ccc(C[C@@H](C#N)NC(=O)C4(N)CCOCC4)cc3)cc2)CC1. The average molecular weight is 462 g/mol. The predicted octanol–water partition coefficient (Wildman–Crippen LogP) is 2.16. The molecule has 2 aromatic carbocycles. The molecular formula is C27H35N5O2. The van der Waals surface area contributed by atoms with E-state index in [0.29, 0.717) is 32.5 Å². The Morgan fingerprint density at radius 2 is 1.59 bits per heavy atom. The van der Waals surface area contributed by atoms with E-state index >= 15 is 0 Å². The summed E-state index contributed by atoms with van der Waals surface area (Å²) in [7, 11) is 2.18. The minimum Gasteiger partial charge on any atom is -0.381 e. The van der Waals surface area contributed by atoms with Crippen molar-refractivity contribution in [2.45, 2.75) is 37.4 Å². The summed E-state index contributed by atoms with van der Waals surface area (Å²) < 4.78 is 5.31. The third kappa shape index (κ3) is 6.22. The molecule has 2 fully saturated rings. The van der Waals surface area contributed by atoms with Crippen LogP contribution in [0.25, 0.3) is 11.1 Å². The Morgan fingerprint density at radius 1 is 1.03 bits per heavy atom. The van der Waals surface area contributed by atoms with Crippen molar-refractivity contribution >= 4 is 5.91 Å². The first-order chi connectivity index (χ1) is 16.4. The predicted molar refractivity (Wildman–Crippen MR) is 133 cm³/mol. The highest BCUT2D eigenvalue weighted by Crippen LogP contribution is 2.22. The lowest BCUT2D eigenvalue weighted by molar-refractivity contribution is -0.130. The number of hydrogen-bond donors (Lipinski definition) is 2. The molecule has 7 heteroatoms. The summed E-state index contributed by atoms with van der Waals surface area (Å²) in [6.07, 6.45) is 1.39. The zero-order valence-electron chi connectivity index (χ0n) is 20.0. The van der Waals surface area contributed by atoms with E-state index in [2.05, 4.69) is 64.6 Å². The van der Waals surface area contributed by atoms with Gasteiger partial charge in [0.15, 0.2) is 0 Å². The van der Waals surface area contributed by atoms with Gasteiger partial charge in [0.2, 0.25) is 5.91 Å². The molecule has 2 aromatic rings. The molecule has 0 spiro atoms. The Morgan fingerprint density at radius 3 is 2.15 bits per heavy atom. The zero-order valence-corrected chi connectivity index (χ0v) is 20.0. The van der Waals surface area contributed by atoms with Gasteiger partial charge in [-0.1, -0.05) is 48.5 Å². The molecule has 0 aromatic heterocycles. The number of carbonyl (C=O) groups is 1. The number of amides is 1. The van der Waals surface area contributed by atoms with Crippen molar-refractivity contribution < 1.29 is 9.53 Å². The topological polar surface area (TPSA) is 94.6 Å². The number of nitrogens with zero attached hydrogens (tertiary/aromatic N) is 3. The zero-order chi connectivity index (χ0) is 24.0. The maximum atomic E-state index is 12.6. The summed E-state index contributed by atoms with van der Waals surface area (Å²) >= 11 is 0.